The number of ether oxygens (including phenoxy) is 1. The van der Waals surface area contributed by atoms with Gasteiger partial charge in [0.1, 0.15) is 0 Å². The molecule has 4 heterocycles. The van der Waals surface area contributed by atoms with E-state index in [1.165, 1.54) is 12.8 Å². The van der Waals surface area contributed by atoms with Gasteiger partial charge in [-0.1, -0.05) is 18.9 Å². The van der Waals surface area contributed by atoms with Crippen molar-refractivity contribution < 1.29 is 17.9 Å². The van der Waals surface area contributed by atoms with Crippen LogP contribution in [0.15, 0.2) is 36.7 Å². The molecule has 1 saturated heterocycles. The van der Waals surface area contributed by atoms with E-state index in [1.807, 2.05) is 23.0 Å². The van der Waals surface area contributed by atoms with Gasteiger partial charge in [0.15, 0.2) is 0 Å². The molecular weight excluding hydrogens is 453 g/mol. The second-order valence-corrected chi connectivity index (χ2v) is 11.5. The molecule has 3 fully saturated rings. The van der Waals surface area contributed by atoms with Crippen LogP contribution in [0.3, 0.4) is 0 Å². The minimum Gasteiger partial charge on any atom is -0.375 e. The second-order valence-electron chi connectivity index (χ2n) is 11.5. The quantitative estimate of drug-likeness (QED) is 0.517. The number of rotatable bonds is 7. The van der Waals surface area contributed by atoms with Crippen LogP contribution in [0.25, 0.3) is 0 Å². The van der Waals surface area contributed by atoms with Gasteiger partial charge in [0.05, 0.1) is 29.8 Å². The van der Waals surface area contributed by atoms with E-state index >= 15 is 0 Å². The van der Waals surface area contributed by atoms with Crippen molar-refractivity contribution in [3.05, 3.63) is 48.0 Å². The van der Waals surface area contributed by atoms with Gasteiger partial charge >= 0.3 is 6.18 Å². The number of aromatic nitrogens is 3. The molecule has 2 aliphatic carbocycles. The summed E-state index contributed by atoms with van der Waals surface area (Å²) >= 11 is 0. The summed E-state index contributed by atoms with van der Waals surface area (Å²) in [6.07, 6.45) is 8.32. The number of alkyl halides is 3. The Kier molecular flexibility index (Phi) is 5.75. The standard InChI is InChI=1S/C27H35F3N4O/c28-27(29,30)19-25(9-10-25)23-17-20(21-6-14-33-34(21)23)31-15-11-24(22-5-1-4-13-32-22)12-16-35-26(18-24)7-2-3-8-26/h1,4-6,13-14,20,23,31H,2-3,7-12,15-19H2/t20-,23+,24+/m0/s1. The van der Waals surface area contributed by atoms with Crippen LogP contribution in [-0.2, 0) is 10.2 Å². The zero-order valence-electron chi connectivity index (χ0n) is 20.2. The Balaban J connectivity index is 1.17. The molecule has 8 heteroatoms. The molecule has 3 atom stereocenters. The van der Waals surface area contributed by atoms with Crippen LogP contribution in [0.5, 0.6) is 0 Å². The lowest BCUT2D eigenvalue weighted by atomic mass is 9.68. The Hall–Kier alpha value is -1.93. The lowest BCUT2D eigenvalue weighted by Gasteiger charge is -2.46. The Labute approximate surface area is 204 Å². The van der Waals surface area contributed by atoms with Crippen molar-refractivity contribution in [3.8, 4) is 0 Å². The minimum atomic E-state index is -4.14. The van der Waals surface area contributed by atoms with E-state index in [0.29, 0.717) is 19.3 Å². The summed E-state index contributed by atoms with van der Waals surface area (Å²) in [5.74, 6) is 0. The predicted octanol–water partition coefficient (Wildman–Crippen LogP) is 6.04. The molecule has 2 saturated carbocycles. The normalized spacial score (nSPS) is 31.1. The fraction of sp³-hybridized carbons (Fsp3) is 0.704. The van der Waals surface area contributed by atoms with Gasteiger partial charge in [0.25, 0.3) is 0 Å². The first-order valence-corrected chi connectivity index (χ1v) is 13.2. The Morgan fingerprint density at radius 3 is 2.60 bits per heavy atom. The van der Waals surface area contributed by atoms with Crippen molar-refractivity contribution in [2.75, 3.05) is 13.2 Å². The van der Waals surface area contributed by atoms with Gasteiger partial charge in [-0.15, -0.1) is 0 Å². The van der Waals surface area contributed by atoms with E-state index < -0.39 is 18.0 Å². The van der Waals surface area contributed by atoms with Crippen molar-refractivity contribution in [1.29, 1.82) is 0 Å². The maximum Gasteiger partial charge on any atom is 0.389 e. The van der Waals surface area contributed by atoms with E-state index in [0.717, 1.165) is 56.6 Å². The average molecular weight is 489 g/mol. The second kappa shape index (κ2) is 8.58. The molecule has 5 nitrogen and oxygen atoms in total. The van der Waals surface area contributed by atoms with Crippen LogP contribution >= 0.6 is 0 Å². The van der Waals surface area contributed by atoms with Gasteiger partial charge in [-0.2, -0.15) is 18.3 Å². The summed E-state index contributed by atoms with van der Waals surface area (Å²) in [5.41, 5.74) is 1.42. The molecule has 0 bridgehead atoms. The van der Waals surface area contributed by atoms with Crippen LogP contribution in [0.2, 0.25) is 0 Å². The highest BCUT2D eigenvalue weighted by molar-refractivity contribution is 5.22. The zero-order chi connectivity index (χ0) is 24.2. The summed E-state index contributed by atoms with van der Waals surface area (Å²) in [4.78, 5) is 4.79. The SMILES string of the molecule is FC(F)(F)CC1([C@H]2C[C@H](NCC[C@@]3(c4ccccn4)CCOC4(CCCC4)C3)c3ccnn32)CC1. The molecule has 0 amide bonds. The van der Waals surface area contributed by atoms with E-state index in [2.05, 4.69) is 22.5 Å². The number of hydrogen-bond donors (Lipinski definition) is 1. The molecule has 190 valence electrons. The van der Waals surface area contributed by atoms with Gasteiger partial charge < -0.3 is 10.1 Å². The average Bonchev–Trinajstić information content (AvgIpc) is 3.17. The number of pyridine rings is 1. The molecule has 0 radical (unpaired) electrons. The maximum absolute atomic E-state index is 13.3. The minimum absolute atomic E-state index is 0.0250. The molecule has 2 aromatic heterocycles. The predicted molar refractivity (Wildman–Crippen MR) is 126 cm³/mol. The monoisotopic (exact) mass is 488 g/mol. The third-order valence-electron chi connectivity index (χ3n) is 9.33. The van der Waals surface area contributed by atoms with E-state index in [1.54, 1.807) is 6.20 Å². The lowest BCUT2D eigenvalue weighted by Crippen LogP contribution is -2.47. The summed E-state index contributed by atoms with van der Waals surface area (Å²) in [5, 5.41) is 8.18. The fourth-order valence-electron chi connectivity index (χ4n) is 7.47. The van der Waals surface area contributed by atoms with E-state index in [-0.39, 0.29) is 23.1 Å². The number of fused-ring (bicyclic) bond motifs is 1. The maximum atomic E-state index is 13.3. The first-order valence-electron chi connectivity index (χ1n) is 13.2. The Morgan fingerprint density at radius 2 is 1.89 bits per heavy atom. The smallest absolute Gasteiger partial charge is 0.375 e. The molecule has 0 unspecified atom stereocenters. The first kappa shape index (κ1) is 23.5. The Morgan fingerprint density at radius 1 is 1.06 bits per heavy atom. The molecule has 0 aromatic carbocycles. The van der Waals surface area contributed by atoms with Gasteiger partial charge in [-0.05, 0) is 76.1 Å². The molecule has 1 spiro atoms. The van der Waals surface area contributed by atoms with Crippen molar-refractivity contribution >= 4 is 0 Å². The molecule has 6 rings (SSSR count). The Bertz CT molecular complexity index is 1030. The first-order chi connectivity index (χ1) is 16.8. The summed E-state index contributed by atoms with van der Waals surface area (Å²) in [6.45, 7) is 1.55. The highest BCUT2D eigenvalue weighted by Gasteiger charge is 2.58. The summed E-state index contributed by atoms with van der Waals surface area (Å²) in [6, 6.07) is 8.02. The van der Waals surface area contributed by atoms with Crippen molar-refractivity contribution in [2.24, 2.45) is 5.41 Å². The fourth-order valence-corrected chi connectivity index (χ4v) is 7.47. The summed E-state index contributed by atoms with van der Waals surface area (Å²) in [7, 11) is 0. The number of nitrogens with zero attached hydrogens (tertiary/aromatic N) is 3. The van der Waals surface area contributed by atoms with Crippen LogP contribution in [-0.4, -0.2) is 39.7 Å². The molecule has 1 N–H and O–H groups in total. The van der Waals surface area contributed by atoms with Gasteiger partial charge in [0.2, 0.25) is 0 Å². The molecule has 2 aliphatic heterocycles. The van der Waals surface area contributed by atoms with E-state index in [9.17, 15) is 13.2 Å². The molecular formula is C27H35F3N4O. The third-order valence-corrected chi connectivity index (χ3v) is 9.33. The largest absolute Gasteiger partial charge is 0.389 e. The number of halogens is 3. The van der Waals surface area contributed by atoms with E-state index in [4.69, 9.17) is 9.72 Å². The number of hydrogen-bond acceptors (Lipinski definition) is 4. The van der Waals surface area contributed by atoms with Gasteiger partial charge in [-0.3, -0.25) is 9.67 Å². The van der Waals surface area contributed by atoms with Gasteiger partial charge in [0, 0.05) is 35.5 Å². The highest BCUT2D eigenvalue weighted by atomic mass is 19.4. The molecule has 2 aromatic rings. The van der Waals surface area contributed by atoms with Gasteiger partial charge in [-0.25, -0.2) is 0 Å². The molecule has 4 aliphatic rings. The van der Waals surface area contributed by atoms with Crippen LogP contribution < -0.4 is 5.32 Å². The van der Waals surface area contributed by atoms with Crippen molar-refractivity contribution in [2.45, 2.75) is 99.9 Å². The van der Waals surface area contributed by atoms with Crippen LogP contribution in [0.4, 0.5) is 13.2 Å². The van der Waals surface area contributed by atoms with Crippen molar-refractivity contribution in [3.63, 3.8) is 0 Å². The van der Waals surface area contributed by atoms with Crippen LogP contribution in [0, 0.1) is 5.41 Å². The molecule has 35 heavy (non-hydrogen) atoms. The van der Waals surface area contributed by atoms with Crippen LogP contribution in [0.1, 0.15) is 94.1 Å². The zero-order valence-corrected chi connectivity index (χ0v) is 20.2. The summed E-state index contributed by atoms with van der Waals surface area (Å²) < 4.78 is 48.2. The number of nitrogens with one attached hydrogen (secondary N) is 1. The topological polar surface area (TPSA) is 52.0 Å². The third kappa shape index (κ3) is 4.41. The highest BCUT2D eigenvalue weighted by Crippen LogP contribution is 2.63. The van der Waals surface area contributed by atoms with Crippen molar-refractivity contribution in [1.82, 2.24) is 20.1 Å². The lowest BCUT2D eigenvalue weighted by molar-refractivity contribution is -0.151.